The second-order valence-electron chi connectivity index (χ2n) is 5.29. The van der Waals surface area contributed by atoms with Gasteiger partial charge in [0.05, 0.1) is 19.8 Å². The van der Waals surface area contributed by atoms with E-state index in [9.17, 15) is 9.59 Å². The van der Waals surface area contributed by atoms with Crippen molar-refractivity contribution in [3.63, 3.8) is 0 Å². The van der Waals surface area contributed by atoms with Crippen molar-refractivity contribution in [1.82, 2.24) is 4.90 Å². The average molecular weight is 342 g/mol. The number of rotatable bonds is 5. The maximum absolute atomic E-state index is 12.3. The molecule has 1 heterocycles. The molecule has 1 N–H and O–H groups in total. The molecule has 1 aliphatic heterocycles. The zero-order valence-electron chi connectivity index (χ0n) is 13.5. The second-order valence-corrected chi connectivity index (χ2v) is 5.29. The Morgan fingerprint density at radius 1 is 1.12 bits per heavy atom. The van der Waals surface area contributed by atoms with Crippen molar-refractivity contribution in [3.8, 4) is 11.5 Å². The van der Waals surface area contributed by atoms with Gasteiger partial charge in [-0.05, 0) is 24.3 Å². The van der Waals surface area contributed by atoms with Gasteiger partial charge in [0.25, 0.3) is 0 Å². The monoisotopic (exact) mass is 342 g/mol. The minimum absolute atomic E-state index is 0.156. The van der Waals surface area contributed by atoms with Crippen molar-refractivity contribution in [2.45, 2.75) is 6.23 Å². The number of imide groups is 1. The van der Waals surface area contributed by atoms with Crippen LogP contribution in [0.15, 0.2) is 54.6 Å². The zero-order chi connectivity index (χ0) is 17.5. The molecule has 2 aromatic carbocycles. The van der Waals surface area contributed by atoms with Crippen molar-refractivity contribution in [2.24, 2.45) is 0 Å². The van der Waals surface area contributed by atoms with E-state index in [-0.39, 0.29) is 6.61 Å². The number of para-hydroxylation sites is 1. The topological polar surface area (TPSA) is 77.1 Å². The third kappa shape index (κ3) is 4.56. The summed E-state index contributed by atoms with van der Waals surface area (Å²) in [5.41, 5.74) is 0.502. The summed E-state index contributed by atoms with van der Waals surface area (Å²) < 4.78 is 16.3. The summed E-state index contributed by atoms with van der Waals surface area (Å²) in [5.74, 6) is 1.26. The van der Waals surface area contributed by atoms with Gasteiger partial charge in [-0.25, -0.2) is 9.69 Å². The van der Waals surface area contributed by atoms with Crippen molar-refractivity contribution in [1.29, 1.82) is 0 Å². The van der Waals surface area contributed by atoms with Gasteiger partial charge in [0.2, 0.25) is 6.41 Å². The van der Waals surface area contributed by atoms with E-state index in [1.165, 1.54) is 0 Å². The molecule has 0 saturated carbocycles. The van der Waals surface area contributed by atoms with Gasteiger partial charge in [0.1, 0.15) is 11.5 Å². The van der Waals surface area contributed by atoms with Crippen molar-refractivity contribution in [2.75, 3.05) is 25.1 Å². The van der Waals surface area contributed by atoms with Crippen molar-refractivity contribution >= 4 is 18.1 Å². The van der Waals surface area contributed by atoms with E-state index in [0.717, 1.165) is 4.90 Å². The molecule has 7 heteroatoms. The lowest BCUT2D eigenvalue weighted by molar-refractivity contribution is -0.151. The molecule has 7 nitrogen and oxygen atoms in total. The van der Waals surface area contributed by atoms with Gasteiger partial charge in [-0.2, -0.15) is 0 Å². The molecular formula is C18H18N2O5. The van der Waals surface area contributed by atoms with Gasteiger partial charge >= 0.3 is 6.03 Å². The maximum Gasteiger partial charge on any atom is 0.330 e. The van der Waals surface area contributed by atoms with E-state index in [0.29, 0.717) is 36.8 Å². The Bertz CT molecular complexity index is 716. The molecular weight excluding hydrogens is 324 g/mol. The van der Waals surface area contributed by atoms with Gasteiger partial charge < -0.3 is 19.5 Å². The lowest BCUT2D eigenvalue weighted by Crippen LogP contribution is -2.48. The van der Waals surface area contributed by atoms with Crippen LogP contribution in [0.1, 0.15) is 0 Å². The van der Waals surface area contributed by atoms with Crippen LogP contribution < -0.4 is 10.1 Å². The van der Waals surface area contributed by atoms with Crippen LogP contribution in [0.25, 0.3) is 0 Å². The summed E-state index contributed by atoms with van der Waals surface area (Å²) in [4.78, 5) is 24.5. The van der Waals surface area contributed by atoms with Gasteiger partial charge in [-0.15, -0.1) is 0 Å². The highest BCUT2D eigenvalue weighted by Crippen LogP contribution is 2.24. The molecule has 3 rings (SSSR count). The van der Waals surface area contributed by atoms with Crippen LogP contribution in [-0.2, 0) is 14.3 Å². The number of hydrogen-bond donors (Lipinski definition) is 1. The van der Waals surface area contributed by atoms with E-state index in [2.05, 4.69) is 5.32 Å². The van der Waals surface area contributed by atoms with Crippen LogP contribution in [0.2, 0.25) is 0 Å². The first kappa shape index (κ1) is 16.9. The highest BCUT2D eigenvalue weighted by atomic mass is 16.6. The lowest BCUT2D eigenvalue weighted by Gasteiger charge is -2.29. The number of nitrogens with one attached hydrogen (secondary N) is 1. The quantitative estimate of drug-likeness (QED) is 0.846. The number of nitrogens with zero attached hydrogens (tertiary/aromatic N) is 1. The fourth-order valence-electron chi connectivity index (χ4n) is 2.33. The van der Waals surface area contributed by atoms with Crippen LogP contribution in [0.4, 0.5) is 10.5 Å². The molecule has 0 aliphatic carbocycles. The molecule has 3 amide bonds. The first-order valence-electron chi connectivity index (χ1n) is 7.83. The fraction of sp³-hybridized carbons (Fsp3) is 0.222. The smallest absolute Gasteiger partial charge is 0.330 e. The van der Waals surface area contributed by atoms with Crippen LogP contribution in [0.5, 0.6) is 11.5 Å². The summed E-state index contributed by atoms with van der Waals surface area (Å²) in [6, 6.07) is 15.6. The summed E-state index contributed by atoms with van der Waals surface area (Å²) in [7, 11) is 0. The molecule has 0 aromatic heterocycles. The predicted molar refractivity (Wildman–Crippen MR) is 90.4 cm³/mol. The van der Waals surface area contributed by atoms with Crippen molar-refractivity contribution < 1.29 is 23.8 Å². The zero-order valence-corrected chi connectivity index (χ0v) is 13.5. The van der Waals surface area contributed by atoms with E-state index in [4.69, 9.17) is 14.2 Å². The number of carbonyl (C=O) groups is 2. The summed E-state index contributed by atoms with van der Waals surface area (Å²) in [5, 5.41) is 2.66. The number of benzene rings is 2. The molecule has 1 fully saturated rings. The van der Waals surface area contributed by atoms with Crippen LogP contribution >= 0.6 is 0 Å². The molecule has 0 bridgehead atoms. The van der Waals surface area contributed by atoms with Gasteiger partial charge in [-0.1, -0.05) is 24.3 Å². The third-order valence-electron chi connectivity index (χ3n) is 3.52. The number of hydrogen-bond acceptors (Lipinski definition) is 5. The van der Waals surface area contributed by atoms with Crippen LogP contribution in [0, 0.1) is 0 Å². The highest BCUT2D eigenvalue weighted by molar-refractivity contribution is 5.95. The molecule has 1 unspecified atom stereocenters. The van der Waals surface area contributed by atoms with Gasteiger partial charge in [0.15, 0.2) is 6.23 Å². The number of ether oxygens (including phenoxy) is 3. The number of amides is 3. The average Bonchev–Trinajstić information content (AvgIpc) is 2.64. The molecule has 1 atom stereocenters. The normalized spacial score (nSPS) is 16.7. The molecule has 1 saturated heterocycles. The Balaban J connectivity index is 1.66. The first-order valence-corrected chi connectivity index (χ1v) is 7.83. The Morgan fingerprint density at radius 2 is 1.92 bits per heavy atom. The fourth-order valence-corrected chi connectivity index (χ4v) is 2.33. The van der Waals surface area contributed by atoms with Gasteiger partial charge in [0, 0.05) is 11.8 Å². The van der Waals surface area contributed by atoms with Crippen molar-refractivity contribution in [3.05, 3.63) is 54.6 Å². The summed E-state index contributed by atoms with van der Waals surface area (Å²) in [6.07, 6.45) is -0.297. The highest BCUT2D eigenvalue weighted by Gasteiger charge is 2.26. The van der Waals surface area contributed by atoms with E-state index >= 15 is 0 Å². The molecule has 25 heavy (non-hydrogen) atoms. The van der Waals surface area contributed by atoms with E-state index < -0.39 is 12.3 Å². The largest absolute Gasteiger partial charge is 0.457 e. The Kier molecular flexibility index (Phi) is 5.61. The third-order valence-corrected chi connectivity index (χ3v) is 3.52. The first-order chi connectivity index (χ1) is 12.3. The Hall–Kier alpha value is -2.90. The predicted octanol–water partition coefficient (Wildman–Crippen LogP) is 2.84. The summed E-state index contributed by atoms with van der Waals surface area (Å²) in [6.45, 7) is 0.940. The minimum atomic E-state index is -0.727. The minimum Gasteiger partial charge on any atom is -0.457 e. The molecule has 0 radical (unpaired) electrons. The summed E-state index contributed by atoms with van der Waals surface area (Å²) >= 11 is 0. The maximum atomic E-state index is 12.3. The van der Waals surface area contributed by atoms with Crippen LogP contribution in [0.3, 0.4) is 0 Å². The Labute approximate surface area is 145 Å². The second kappa shape index (κ2) is 8.27. The molecule has 2 aromatic rings. The number of anilines is 1. The van der Waals surface area contributed by atoms with E-state index in [1.807, 2.05) is 30.3 Å². The SMILES string of the molecule is O=CN(C(=O)Nc1cccc(Oc2ccccc2)c1)C1COCCO1. The van der Waals surface area contributed by atoms with Crippen LogP contribution in [-0.4, -0.2) is 43.4 Å². The lowest BCUT2D eigenvalue weighted by atomic mass is 10.3. The van der Waals surface area contributed by atoms with Gasteiger partial charge in [-0.3, -0.25) is 4.79 Å². The van der Waals surface area contributed by atoms with E-state index in [1.54, 1.807) is 24.3 Å². The standard InChI is InChI=1S/C18H18N2O5/c21-13-20(17-12-23-9-10-24-17)18(22)19-14-5-4-8-16(11-14)25-15-6-2-1-3-7-15/h1-8,11,13,17H,9-10,12H2,(H,19,22). The Morgan fingerprint density at radius 3 is 2.64 bits per heavy atom. The molecule has 0 spiro atoms. The number of urea groups is 1. The molecule has 1 aliphatic rings. The molecule has 130 valence electrons. The number of carbonyl (C=O) groups excluding carboxylic acids is 2.